The average Bonchev–Trinajstić information content (AvgIpc) is 2.71. The molecule has 0 N–H and O–H groups in total. The summed E-state index contributed by atoms with van der Waals surface area (Å²) in [7, 11) is 0. The van der Waals surface area contributed by atoms with E-state index < -0.39 is 0 Å². The Morgan fingerprint density at radius 2 is 1.89 bits per heavy atom. The fraction of sp³-hybridized carbons (Fsp3) is 0.421. The molecule has 1 aromatic carbocycles. The Kier molecular flexibility index (Phi) is 5.14. The zero-order chi connectivity index (χ0) is 19.0. The van der Waals surface area contributed by atoms with Crippen LogP contribution in [0.15, 0.2) is 40.4 Å². The molecule has 1 saturated heterocycles. The molecule has 0 bridgehead atoms. The second kappa shape index (κ2) is 7.56. The van der Waals surface area contributed by atoms with E-state index in [4.69, 9.17) is 11.6 Å². The molecule has 2 aromatic rings. The largest absolute Gasteiger partial charge is 0.368 e. The number of thioether (sulfide) groups is 1. The molecule has 0 spiro atoms. The molecule has 0 aliphatic carbocycles. The van der Waals surface area contributed by atoms with Crippen LogP contribution in [-0.2, 0) is 11.3 Å². The maximum Gasteiger partial charge on any atom is 0.257 e. The first-order chi connectivity index (χ1) is 13.0. The normalized spacial score (nSPS) is 19.7. The third-order valence-corrected chi connectivity index (χ3v) is 6.54. The third kappa shape index (κ3) is 3.71. The Morgan fingerprint density at radius 1 is 1.19 bits per heavy atom. The number of rotatable bonds is 2. The number of hydrogen-bond acceptors (Lipinski definition) is 5. The maximum absolute atomic E-state index is 13.0. The van der Waals surface area contributed by atoms with Crippen molar-refractivity contribution in [3.63, 3.8) is 0 Å². The van der Waals surface area contributed by atoms with Crippen LogP contribution in [-0.4, -0.2) is 52.3 Å². The van der Waals surface area contributed by atoms with Crippen molar-refractivity contribution in [2.45, 2.75) is 18.6 Å². The molecule has 6 nitrogen and oxygen atoms in total. The van der Waals surface area contributed by atoms with E-state index in [1.807, 2.05) is 29.2 Å². The molecule has 3 heterocycles. The summed E-state index contributed by atoms with van der Waals surface area (Å²) in [5.74, 6) is 0.634. The van der Waals surface area contributed by atoms with E-state index in [-0.39, 0.29) is 17.4 Å². The van der Waals surface area contributed by atoms with Crippen LogP contribution in [0.2, 0.25) is 5.02 Å². The number of anilines is 1. The van der Waals surface area contributed by atoms with Gasteiger partial charge in [-0.25, -0.2) is 4.98 Å². The monoisotopic (exact) mass is 404 g/mol. The van der Waals surface area contributed by atoms with Crippen LogP contribution in [0.25, 0.3) is 0 Å². The topological polar surface area (TPSA) is 58.4 Å². The quantitative estimate of drug-likeness (QED) is 0.719. The maximum atomic E-state index is 13.0. The molecular formula is C19H21ClN4O2S. The van der Waals surface area contributed by atoms with Gasteiger partial charge in [-0.2, -0.15) is 0 Å². The Hall–Kier alpha value is -1.99. The minimum absolute atomic E-state index is 0.0439. The van der Waals surface area contributed by atoms with Gasteiger partial charge in [-0.3, -0.25) is 14.2 Å². The summed E-state index contributed by atoms with van der Waals surface area (Å²) in [5, 5.41) is 1.44. The molecule has 1 atom stereocenters. The number of aromatic nitrogens is 2. The van der Waals surface area contributed by atoms with Crippen molar-refractivity contribution in [3.05, 3.63) is 51.4 Å². The second-order valence-corrected chi connectivity index (χ2v) is 8.36. The van der Waals surface area contributed by atoms with Gasteiger partial charge in [0.25, 0.3) is 5.56 Å². The van der Waals surface area contributed by atoms with Crippen LogP contribution < -0.4 is 10.5 Å². The number of carbonyl (C=O) groups excluding carboxylic acids is 1. The number of carbonyl (C=O) groups is 1. The van der Waals surface area contributed by atoms with Gasteiger partial charge in [0.05, 0.1) is 5.92 Å². The molecule has 2 aliphatic rings. The van der Waals surface area contributed by atoms with Crippen molar-refractivity contribution in [2.24, 2.45) is 5.92 Å². The smallest absolute Gasteiger partial charge is 0.257 e. The van der Waals surface area contributed by atoms with E-state index in [1.54, 1.807) is 17.7 Å². The first-order valence-corrected chi connectivity index (χ1v) is 10.4. The molecule has 142 valence electrons. The summed E-state index contributed by atoms with van der Waals surface area (Å²) < 4.78 is 1.65. The summed E-state index contributed by atoms with van der Waals surface area (Å²) in [6.07, 6.45) is 1.61. The highest BCUT2D eigenvalue weighted by molar-refractivity contribution is 7.99. The lowest BCUT2D eigenvalue weighted by Gasteiger charge is -2.38. The van der Waals surface area contributed by atoms with Gasteiger partial charge in [-0.05, 0) is 31.2 Å². The number of benzene rings is 1. The predicted octanol–water partition coefficient (Wildman–Crippen LogP) is 2.28. The Morgan fingerprint density at radius 3 is 2.59 bits per heavy atom. The highest BCUT2D eigenvalue weighted by Gasteiger charge is 2.31. The number of amides is 1. The van der Waals surface area contributed by atoms with Crippen LogP contribution in [0.4, 0.5) is 5.69 Å². The standard InChI is InChI=1S/C19H21ClN4O2S/c1-13-10-21-19-24(17(13)25)11-14(12-27-19)18(26)23-8-6-22(7-9-23)16-4-2-15(20)3-5-16/h2-5,10,14H,6-9,11-12H2,1H3. The molecule has 27 heavy (non-hydrogen) atoms. The van der Waals surface area contributed by atoms with Gasteiger partial charge in [0.15, 0.2) is 5.16 Å². The van der Waals surface area contributed by atoms with Gasteiger partial charge < -0.3 is 9.80 Å². The Bertz CT molecular complexity index is 907. The predicted molar refractivity (Wildman–Crippen MR) is 108 cm³/mol. The lowest BCUT2D eigenvalue weighted by molar-refractivity contribution is -0.135. The highest BCUT2D eigenvalue weighted by Crippen LogP contribution is 2.27. The van der Waals surface area contributed by atoms with Gasteiger partial charge >= 0.3 is 0 Å². The first-order valence-electron chi connectivity index (χ1n) is 9.01. The Balaban J connectivity index is 1.40. The molecule has 0 radical (unpaired) electrons. The van der Waals surface area contributed by atoms with Gasteiger partial charge in [0, 0.05) is 60.9 Å². The molecular weight excluding hydrogens is 384 g/mol. The number of nitrogens with zero attached hydrogens (tertiary/aromatic N) is 4. The summed E-state index contributed by atoms with van der Waals surface area (Å²) >= 11 is 7.45. The minimum Gasteiger partial charge on any atom is -0.368 e. The van der Waals surface area contributed by atoms with E-state index in [0.29, 0.717) is 36.1 Å². The van der Waals surface area contributed by atoms with Gasteiger partial charge in [-0.1, -0.05) is 23.4 Å². The van der Waals surface area contributed by atoms with E-state index >= 15 is 0 Å². The van der Waals surface area contributed by atoms with Crippen molar-refractivity contribution in [1.82, 2.24) is 14.5 Å². The van der Waals surface area contributed by atoms with E-state index in [9.17, 15) is 9.59 Å². The van der Waals surface area contributed by atoms with Crippen molar-refractivity contribution in [3.8, 4) is 0 Å². The SMILES string of the molecule is Cc1cnc2n(c1=O)CC(C(=O)N1CCN(c3ccc(Cl)cc3)CC1)CS2. The molecule has 1 unspecified atom stereocenters. The number of halogens is 1. The Labute approximate surface area is 167 Å². The van der Waals surface area contributed by atoms with Crippen LogP contribution in [0.3, 0.4) is 0 Å². The first kappa shape index (κ1) is 18.4. The zero-order valence-corrected chi connectivity index (χ0v) is 16.7. The summed E-state index contributed by atoms with van der Waals surface area (Å²) in [6.45, 7) is 5.16. The van der Waals surface area contributed by atoms with Gasteiger partial charge in [0.2, 0.25) is 5.91 Å². The molecule has 2 aliphatic heterocycles. The summed E-state index contributed by atoms with van der Waals surface area (Å²) in [5.41, 5.74) is 1.70. The molecule has 1 amide bonds. The van der Waals surface area contributed by atoms with Crippen molar-refractivity contribution < 1.29 is 4.79 Å². The van der Waals surface area contributed by atoms with E-state index in [2.05, 4.69) is 9.88 Å². The summed E-state index contributed by atoms with van der Waals surface area (Å²) in [4.78, 5) is 33.9. The molecule has 8 heteroatoms. The van der Waals surface area contributed by atoms with Crippen molar-refractivity contribution in [1.29, 1.82) is 0 Å². The number of aryl methyl sites for hydroxylation is 1. The fourth-order valence-corrected chi connectivity index (χ4v) is 4.71. The highest BCUT2D eigenvalue weighted by atomic mass is 35.5. The third-order valence-electron chi connectivity index (χ3n) is 5.13. The van der Waals surface area contributed by atoms with Crippen molar-refractivity contribution in [2.75, 3.05) is 36.8 Å². The van der Waals surface area contributed by atoms with Gasteiger partial charge in [-0.15, -0.1) is 0 Å². The number of hydrogen-bond donors (Lipinski definition) is 0. The molecule has 1 fully saturated rings. The fourth-order valence-electron chi connectivity index (χ4n) is 3.55. The van der Waals surface area contributed by atoms with Gasteiger partial charge in [0.1, 0.15) is 0 Å². The molecule has 1 aromatic heterocycles. The number of fused-ring (bicyclic) bond motifs is 1. The average molecular weight is 405 g/mol. The van der Waals surface area contributed by atoms with Crippen LogP contribution in [0, 0.1) is 12.8 Å². The number of piperazine rings is 1. The second-order valence-electron chi connectivity index (χ2n) is 6.94. The zero-order valence-electron chi connectivity index (χ0n) is 15.1. The van der Waals surface area contributed by atoms with Crippen LogP contribution in [0.5, 0.6) is 0 Å². The molecule has 4 rings (SSSR count). The lowest BCUT2D eigenvalue weighted by atomic mass is 10.1. The molecule has 0 saturated carbocycles. The van der Waals surface area contributed by atoms with Crippen LogP contribution >= 0.6 is 23.4 Å². The van der Waals surface area contributed by atoms with Crippen molar-refractivity contribution >= 4 is 35.0 Å². The lowest BCUT2D eigenvalue weighted by Crippen LogP contribution is -2.52. The minimum atomic E-state index is -0.175. The van der Waals surface area contributed by atoms with E-state index in [0.717, 1.165) is 23.8 Å². The summed E-state index contributed by atoms with van der Waals surface area (Å²) in [6, 6.07) is 7.80. The van der Waals surface area contributed by atoms with E-state index in [1.165, 1.54) is 11.8 Å². The van der Waals surface area contributed by atoms with Crippen LogP contribution in [0.1, 0.15) is 5.56 Å².